The topological polar surface area (TPSA) is 54.0 Å². The number of hydrogen-bond acceptors (Lipinski definition) is 5. The van der Waals surface area contributed by atoms with Gasteiger partial charge < -0.3 is 18.9 Å². The van der Waals surface area contributed by atoms with E-state index < -0.39 is 5.97 Å². The maximum atomic E-state index is 11.9. The highest BCUT2D eigenvalue weighted by atomic mass is 79.9. The van der Waals surface area contributed by atoms with E-state index in [1.54, 1.807) is 6.07 Å². The zero-order valence-corrected chi connectivity index (χ0v) is 14.5. The smallest absolute Gasteiger partial charge is 0.341 e. The number of benzene rings is 1. The molecule has 5 nitrogen and oxygen atoms in total. The first-order chi connectivity index (χ1) is 10.6. The van der Waals surface area contributed by atoms with Gasteiger partial charge in [0.25, 0.3) is 0 Å². The summed E-state index contributed by atoms with van der Waals surface area (Å²) in [5, 5.41) is 0. The summed E-state index contributed by atoms with van der Waals surface area (Å²) in [6.07, 6.45) is 3.01. The Labute approximate surface area is 139 Å². The molecule has 22 heavy (non-hydrogen) atoms. The molecule has 1 atom stereocenters. The van der Waals surface area contributed by atoms with Gasteiger partial charge in [0.1, 0.15) is 17.9 Å². The minimum Gasteiger partial charge on any atom is -0.490 e. The predicted octanol–water partition coefficient (Wildman–Crippen LogP) is 3.47. The lowest BCUT2D eigenvalue weighted by Crippen LogP contribution is -2.24. The fourth-order valence-corrected chi connectivity index (χ4v) is 2.64. The molecule has 1 aromatic rings. The molecule has 1 fully saturated rings. The van der Waals surface area contributed by atoms with Crippen LogP contribution in [0.1, 0.15) is 35.2 Å². The molecule has 0 amide bonds. The van der Waals surface area contributed by atoms with Crippen LogP contribution in [0.4, 0.5) is 0 Å². The van der Waals surface area contributed by atoms with Gasteiger partial charge in [-0.15, -0.1) is 0 Å². The first-order valence-corrected chi connectivity index (χ1v) is 8.16. The summed E-state index contributed by atoms with van der Waals surface area (Å²) in [6.45, 7) is 3.37. The van der Waals surface area contributed by atoms with E-state index >= 15 is 0 Å². The second-order valence-corrected chi connectivity index (χ2v) is 5.91. The molecule has 1 aliphatic rings. The van der Waals surface area contributed by atoms with Gasteiger partial charge in [0.05, 0.1) is 13.7 Å². The summed E-state index contributed by atoms with van der Waals surface area (Å²) >= 11 is 3.41. The van der Waals surface area contributed by atoms with Crippen molar-refractivity contribution in [2.75, 3.05) is 26.9 Å². The predicted molar refractivity (Wildman–Crippen MR) is 85.3 cm³/mol. The third-order valence-corrected chi connectivity index (χ3v) is 4.39. The zero-order valence-electron chi connectivity index (χ0n) is 12.9. The number of carbonyl (C=O) groups excluding carboxylic acids is 1. The molecule has 122 valence electrons. The Morgan fingerprint density at radius 1 is 1.36 bits per heavy atom. The van der Waals surface area contributed by atoms with Crippen molar-refractivity contribution in [1.82, 2.24) is 0 Å². The van der Waals surface area contributed by atoms with Gasteiger partial charge in [-0.25, -0.2) is 4.79 Å². The van der Waals surface area contributed by atoms with Gasteiger partial charge in [0, 0.05) is 11.1 Å². The molecule has 6 heteroatoms. The fraction of sp³-hybridized carbons (Fsp3) is 0.562. The summed E-state index contributed by atoms with van der Waals surface area (Å²) in [6, 6.07) is 3.60. The van der Waals surface area contributed by atoms with Crippen molar-refractivity contribution in [3.8, 4) is 5.75 Å². The number of halogens is 1. The van der Waals surface area contributed by atoms with E-state index in [1.807, 2.05) is 13.0 Å². The summed E-state index contributed by atoms with van der Waals surface area (Å²) in [5.74, 6) is 0.0889. The molecule has 0 saturated carbocycles. The van der Waals surface area contributed by atoms with E-state index in [4.69, 9.17) is 18.9 Å². The Bertz CT molecular complexity index is 512. The van der Waals surface area contributed by atoms with Gasteiger partial charge in [-0.1, -0.05) is 15.9 Å². The SMILES string of the molecule is COC(=O)c1c(OCCO[C@@H]2CCCCO2)ccc(Br)c1C. The number of ether oxygens (including phenoxy) is 4. The van der Waals surface area contributed by atoms with Gasteiger partial charge in [0.15, 0.2) is 6.29 Å². The maximum Gasteiger partial charge on any atom is 0.341 e. The van der Waals surface area contributed by atoms with Crippen LogP contribution in [0.25, 0.3) is 0 Å². The third kappa shape index (κ3) is 4.44. The standard InChI is InChI=1S/C16H21BrO5/c1-11-12(17)6-7-13(15(11)16(18)19-2)20-9-10-22-14-5-3-4-8-21-14/h6-7,14H,3-5,8-10H2,1-2H3/t14-/m1/s1. The highest BCUT2D eigenvalue weighted by Gasteiger charge is 2.19. The molecular formula is C16H21BrO5. The second-order valence-electron chi connectivity index (χ2n) is 5.05. The van der Waals surface area contributed by atoms with E-state index in [1.165, 1.54) is 7.11 Å². The first kappa shape index (κ1) is 17.2. The second kappa shape index (κ2) is 8.50. The number of esters is 1. The van der Waals surface area contributed by atoms with Crippen LogP contribution in [-0.2, 0) is 14.2 Å². The molecule has 0 aromatic heterocycles. The van der Waals surface area contributed by atoms with Crippen molar-refractivity contribution in [2.24, 2.45) is 0 Å². The Balaban J connectivity index is 1.91. The molecule has 1 aliphatic heterocycles. The number of methoxy groups -OCH3 is 1. The Morgan fingerprint density at radius 3 is 2.86 bits per heavy atom. The summed E-state index contributed by atoms with van der Waals surface area (Å²) in [4.78, 5) is 11.9. The van der Waals surface area contributed by atoms with Crippen LogP contribution >= 0.6 is 15.9 Å². The highest BCUT2D eigenvalue weighted by Crippen LogP contribution is 2.29. The van der Waals surface area contributed by atoms with Crippen molar-refractivity contribution < 1.29 is 23.7 Å². The maximum absolute atomic E-state index is 11.9. The van der Waals surface area contributed by atoms with Crippen LogP contribution < -0.4 is 4.74 Å². The molecule has 0 bridgehead atoms. The molecule has 0 N–H and O–H groups in total. The fourth-order valence-electron chi connectivity index (χ4n) is 2.31. The van der Waals surface area contributed by atoms with Gasteiger partial charge in [-0.2, -0.15) is 0 Å². The summed E-state index contributed by atoms with van der Waals surface area (Å²) < 4.78 is 22.4. The van der Waals surface area contributed by atoms with Crippen molar-refractivity contribution >= 4 is 21.9 Å². The van der Waals surface area contributed by atoms with Crippen molar-refractivity contribution in [2.45, 2.75) is 32.5 Å². The van der Waals surface area contributed by atoms with Gasteiger partial charge in [-0.05, 0) is 43.9 Å². The molecule has 1 aromatic carbocycles. The highest BCUT2D eigenvalue weighted by molar-refractivity contribution is 9.10. The zero-order chi connectivity index (χ0) is 15.9. The van der Waals surface area contributed by atoms with Crippen molar-refractivity contribution in [3.63, 3.8) is 0 Å². The molecule has 0 aliphatic carbocycles. The Morgan fingerprint density at radius 2 is 2.18 bits per heavy atom. The van der Waals surface area contributed by atoms with E-state index in [-0.39, 0.29) is 6.29 Å². The largest absolute Gasteiger partial charge is 0.490 e. The quantitative estimate of drug-likeness (QED) is 0.565. The number of rotatable bonds is 6. The lowest BCUT2D eigenvalue weighted by molar-refractivity contribution is -0.165. The summed E-state index contributed by atoms with van der Waals surface area (Å²) in [5.41, 5.74) is 1.23. The first-order valence-electron chi connectivity index (χ1n) is 7.37. The minimum atomic E-state index is -0.412. The molecule has 2 rings (SSSR count). The molecular weight excluding hydrogens is 352 g/mol. The Kier molecular flexibility index (Phi) is 6.67. The minimum absolute atomic E-state index is 0.135. The van der Waals surface area contributed by atoms with Gasteiger partial charge in [-0.3, -0.25) is 0 Å². The monoisotopic (exact) mass is 372 g/mol. The molecule has 1 saturated heterocycles. The van der Waals surface area contributed by atoms with Gasteiger partial charge in [0.2, 0.25) is 0 Å². The molecule has 0 unspecified atom stereocenters. The van der Waals surface area contributed by atoms with E-state index in [9.17, 15) is 4.79 Å². The van der Waals surface area contributed by atoms with Crippen LogP contribution in [0.3, 0.4) is 0 Å². The number of carbonyl (C=O) groups is 1. The lowest BCUT2D eigenvalue weighted by Gasteiger charge is -2.22. The summed E-state index contributed by atoms with van der Waals surface area (Å²) in [7, 11) is 1.36. The molecule has 0 spiro atoms. The third-order valence-electron chi connectivity index (χ3n) is 3.53. The van der Waals surface area contributed by atoms with Crippen molar-refractivity contribution in [1.29, 1.82) is 0 Å². The van der Waals surface area contributed by atoms with E-state index in [0.29, 0.717) is 24.5 Å². The molecule has 1 heterocycles. The van der Waals surface area contributed by atoms with Crippen LogP contribution in [0.2, 0.25) is 0 Å². The normalized spacial score (nSPS) is 18.0. The number of hydrogen-bond donors (Lipinski definition) is 0. The Hall–Kier alpha value is -1.11. The van der Waals surface area contributed by atoms with Gasteiger partial charge >= 0.3 is 5.97 Å². The lowest BCUT2D eigenvalue weighted by atomic mass is 10.1. The van der Waals surface area contributed by atoms with Crippen LogP contribution in [-0.4, -0.2) is 39.2 Å². The average Bonchev–Trinajstić information content (AvgIpc) is 2.55. The van der Waals surface area contributed by atoms with E-state index in [0.717, 1.165) is 35.9 Å². The van der Waals surface area contributed by atoms with Crippen LogP contribution in [0.5, 0.6) is 5.75 Å². The average molecular weight is 373 g/mol. The van der Waals surface area contributed by atoms with Crippen LogP contribution in [0, 0.1) is 6.92 Å². The van der Waals surface area contributed by atoms with E-state index in [2.05, 4.69) is 15.9 Å². The van der Waals surface area contributed by atoms with Crippen molar-refractivity contribution in [3.05, 3.63) is 27.7 Å². The molecule has 0 radical (unpaired) electrons. The van der Waals surface area contributed by atoms with Crippen LogP contribution in [0.15, 0.2) is 16.6 Å².